The monoisotopic (exact) mass is 104 g/mol. The first-order valence-electron chi connectivity index (χ1n) is 0.875. The van der Waals surface area contributed by atoms with Crippen molar-refractivity contribution in [3.63, 3.8) is 0 Å². The zero-order chi connectivity index (χ0) is 5.58. The molecule has 0 amide bonds. The minimum atomic E-state index is -1.83. The van der Waals surface area contributed by atoms with E-state index in [-0.39, 0.29) is 0 Å². The summed E-state index contributed by atoms with van der Waals surface area (Å²) in [6.45, 7) is 0. The fraction of sp³-hybridized carbons (Fsp3) is 0. The number of carbonyl (C=O) groups is 1. The third kappa shape index (κ3) is 23.9. The third-order valence-electron chi connectivity index (χ3n) is 0. The van der Waals surface area contributed by atoms with Gasteiger partial charge in [0.05, 0.1) is 0 Å². The highest BCUT2D eigenvalue weighted by Gasteiger charge is 1.70. The smallest absolute Gasteiger partial charge is 0.450 e. The quantitative estimate of drug-likeness (QED) is 0.419. The standard InChI is InChI=1S/CH2O3.NSi/c2-1(3)4;1-2/h(H2,2,3,4);. The molecule has 0 rings (SSSR count). The summed E-state index contributed by atoms with van der Waals surface area (Å²) in [4.78, 5) is 15.4. The molecule has 0 saturated carbocycles. The van der Waals surface area contributed by atoms with Gasteiger partial charge >= 0.3 is 6.16 Å². The van der Waals surface area contributed by atoms with Gasteiger partial charge in [-0.2, -0.15) is 0 Å². The van der Waals surface area contributed by atoms with Gasteiger partial charge in [0, 0.05) is 0 Å². The van der Waals surface area contributed by atoms with Crippen LogP contribution in [0, 0.1) is 4.89 Å². The summed E-state index contributed by atoms with van der Waals surface area (Å²) in [5, 5.41) is 13.9. The van der Waals surface area contributed by atoms with Gasteiger partial charge in [0.25, 0.3) is 9.88 Å². The number of hydrogen-bond donors (Lipinski definition) is 2. The Morgan fingerprint density at radius 1 is 1.50 bits per heavy atom. The molecule has 0 bridgehead atoms. The number of carboxylic acid groups (broad SMARTS) is 2. The fourth-order valence-electron chi connectivity index (χ4n) is 0. The molecule has 0 aliphatic rings. The molecule has 0 aromatic carbocycles. The Labute approximate surface area is 37.0 Å². The second kappa shape index (κ2) is 8.89. The molecule has 1 radical (unpaired) electrons. The summed E-state index contributed by atoms with van der Waals surface area (Å²) in [5.74, 6) is 0. The van der Waals surface area contributed by atoms with Crippen LogP contribution in [0.25, 0.3) is 0 Å². The second-order valence-corrected chi connectivity index (χ2v) is 0.283. The topological polar surface area (TPSA) is 81.3 Å². The van der Waals surface area contributed by atoms with E-state index in [0.29, 0.717) is 0 Å². The summed E-state index contributed by atoms with van der Waals surface area (Å²) in [6, 6.07) is 0. The largest absolute Gasteiger partial charge is 0.503 e. The van der Waals surface area contributed by atoms with Gasteiger partial charge in [-0.25, -0.2) is 4.79 Å². The minimum absolute atomic E-state index is 1.83. The van der Waals surface area contributed by atoms with Crippen molar-refractivity contribution in [3.8, 4) is 0 Å². The zero-order valence-electron chi connectivity index (χ0n) is 2.75. The van der Waals surface area contributed by atoms with Crippen LogP contribution in [-0.2, 0) is 0 Å². The Morgan fingerprint density at radius 2 is 1.50 bits per heavy atom. The van der Waals surface area contributed by atoms with E-state index in [0.717, 1.165) is 0 Å². The van der Waals surface area contributed by atoms with E-state index >= 15 is 0 Å². The van der Waals surface area contributed by atoms with E-state index in [9.17, 15) is 0 Å². The predicted octanol–water partition coefficient (Wildman–Crippen LogP) is -0.143. The molecule has 0 spiro atoms. The molecule has 33 valence electrons. The molecule has 0 aromatic heterocycles. The third-order valence-corrected chi connectivity index (χ3v) is 0. The molecule has 0 atom stereocenters. The number of hydrogen-bond acceptors (Lipinski definition) is 2. The summed E-state index contributed by atoms with van der Waals surface area (Å²) in [7, 11) is 1.97. The molecule has 0 aliphatic heterocycles. The average molecular weight is 104 g/mol. The van der Waals surface area contributed by atoms with E-state index in [1.807, 2.05) is 9.88 Å². The van der Waals surface area contributed by atoms with Crippen LogP contribution in [0.2, 0.25) is 0 Å². The molecule has 0 fully saturated rings. The number of nitrogens with zero attached hydrogens (tertiary/aromatic N) is 1. The lowest BCUT2D eigenvalue weighted by Crippen LogP contribution is -1.81. The Morgan fingerprint density at radius 3 is 1.50 bits per heavy atom. The van der Waals surface area contributed by atoms with Crippen molar-refractivity contribution >= 4 is 16.0 Å². The first kappa shape index (κ1) is 8.96. The Hall–Kier alpha value is -0.803. The van der Waals surface area contributed by atoms with Gasteiger partial charge in [-0.3, -0.25) is 4.89 Å². The van der Waals surface area contributed by atoms with Gasteiger partial charge in [0.1, 0.15) is 0 Å². The fourth-order valence-corrected chi connectivity index (χ4v) is 0. The minimum Gasteiger partial charge on any atom is -0.450 e. The van der Waals surface area contributed by atoms with Crippen LogP contribution in [0.15, 0.2) is 0 Å². The van der Waals surface area contributed by atoms with Crippen LogP contribution in [-0.4, -0.2) is 26.2 Å². The van der Waals surface area contributed by atoms with Gasteiger partial charge < -0.3 is 10.2 Å². The van der Waals surface area contributed by atoms with E-state index in [4.69, 9.17) is 19.9 Å². The average Bonchev–Trinajstić information content (AvgIpc) is 1.41. The zero-order valence-corrected chi connectivity index (χ0v) is 3.75. The Kier molecular flexibility index (Phi) is 13.3. The van der Waals surface area contributed by atoms with E-state index in [1.54, 1.807) is 0 Å². The molecular formula is CH2NO3Si. The van der Waals surface area contributed by atoms with Gasteiger partial charge in [-0.05, 0) is 0 Å². The van der Waals surface area contributed by atoms with Crippen molar-refractivity contribution in [2.24, 2.45) is 0 Å². The molecule has 5 heteroatoms. The molecule has 0 aromatic rings. The maximum absolute atomic E-state index is 8.56. The highest BCUT2D eigenvalue weighted by molar-refractivity contribution is 5.84. The van der Waals surface area contributed by atoms with Crippen molar-refractivity contribution in [2.75, 3.05) is 0 Å². The van der Waals surface area contributed by atoms with Crippen molar-refractivity contribution in [1.82, 2.24) is 0 Å². The second-order valence-electron chi connectivity index (χ2n) is 0.283. The van der Waals surface area contributed by atoms with E-state index in [2.05, 4.69) is 0 Å². The van der Waals surface area contributed by atoms with Gasteiger partial charge in [-0.1, -0.05) is 0 Å². The van der Waals surface area contributed by atoms with Crippen molar-refractivity contribution in [1.29, 1.82) is 4.89 Å². The molecule has 0 heterocycles. The maximum atomic E-state index is 8.56. The van der Waals surface area contributed by atoms with Crippen LogP contribution in [0.5, 0.6) is 0 Å². The molecule has 0 unspecified atom stereocenters. The molecule has 0 aliphatic carbocycles. The van der Waals surface area contributed by atoms with Crippen LogP contribution < -0.4 is 0 Å². The van der Waals surface area contributed by atoms with Crippen LogP contribution in [0.1, 0.15) is 0 Å². The number of rotatable bonds is 0. The van der Waals surface area contributed by atoms with Crippen molar-refractivity contribution in [2.45, 2.75) is 0 Å². The molecule has 4 nitrogen and oxygen atoms in total. The van der Waals surface area contributed by atoms with Crippen molar-refractivity contribution < 1.29 is 15.0 Å². The lowest BCUT2D eigenvalue weighted by molar-refractivity contribution is 0.137. The van der Waals surface area contributed by atoms with Gasteiger partial charge in [0.2, 0.25) is 0 Å². The Bertz CT molecular complexity index is 55.1. The van der Waals surface area contributed by atoms with E-state index < -0.39 is 6.16 Å². The summed E-state index contributed by atoms with van der Waals surface area (Å²) >= 11 is 0. The SMILES string of the molecule is N#[Si].O=C(O)O. The predicted molar refractivity (Wildman–Crippen MR) is 18.1 cm³/mol. The molecule has 0 saturated heterocycles. The van der Waals surface area contributed by atoms with E-state index in [1.165, 1.54) is 0 Å². The molecule has 2 N–H and O–H groups in total. The summed E-state index contributed by atoms with van der Waals surface area (Å²) < 4.78 is 0. The summed E-state index contributed by atoms with van der Waals surface area (Å²) in [5.41, 5.74) is 0. The normalized spacial score (nSPS) is 4.33. The maximum Gasteiger partial charge on any atom is 0.503 e. The first-order chi connectivity index (χ1) is 2.73. The summed E-state index contributed by atoms with van der Waals surface area (Å²) in [6.07, 6.45) is -1.83. The van der Waals surface area contributed by atoms with Gasteiger partial charge in [-0.15, -0.1) is 0 Å². The molecule has 6 heavy (non-hydrogen) atoms. The highest BCUT2D eigenvalue weighted by atomic mass is 28.1. The lowest BCUT2D eigenvalue weighted by Gasteiger charge is -1.60. The van der Waals surface area contributed by atoms with Crippen molar-refractivity contribution in [3.05, 3.63) is 0 Å². The Balaban J connectivity index is 0. The highest BCUT2D eigenvalue weighted by Crippen LogP contribution is 1.42. The first-order valence-corrected chi connectivity index (χ1v) is 1.32. The lowest BCUT2D eigenvalue weighted by atomic mass is 11.5. The van der Waals surface area contributed by atoms with Crippen LogP contribution in [0.4, 0.5) is 4.79 Å². The van der Waals surface area contributed by atoms with Gasteiger partial charge in [0.15, 0.2) is 0 Å². The van der Waals surface area contributed by atoms with Crippen LogP contribution in [0.3, 0.4) is 0 Å². The molecular weight excluding hydrogens is 102 g/mol. The van der Waals surface area contributed by atoms with Crippen LogP contribution >= 0.6 is 0 Å².